The normalized spacial score (nSPS) is 10.4. The molecule has 0 atom stereocenters. The summed E-state index contributed by atoms with van der Waals surface area (Å²) < 4.78 is 19.1. The van der Waals surface area contributed by atoms with Gasteiger partial charge >= 0.3 is 0 Å². The van der Waals surface area contributed by atoms with Crippen molar-refractivity contribution >= 4 is 5.91 Å². The monoisotopic (exact) mass is 296 g/mol. The third-order valence-corrected chi connectivity index (χ3v) is 3.14. The zero-order valence-electron chi connectivity index (χ0n) is 11.6. The Bertz CT molecular complexity index is 784. The lowest BCUT2D eigenvalue weighted by Crippen LogP contribution is -2.22. The van der Waals surface area contributed by atoms with Crippen LogP contribution in [-0.4, -0.2) is 10.9 Å². The fourth-order valence-electron chi connectivity index (χ4n) is 2.04. The zero-order chi connectivity index (χ0) is 15.4. The first-order valence-corrected chi connectivity index (χ1v) is 6.76. The Morgan fingerprint density at radius 3 is 2.77 bits per heavy atom. The van der Waals surface area contributed by atoms with Gasteiger partial charge in [-0.3, -0.25) is 9.78 Å². The molecule has 2 aromatic heterocycles. The Balaban J connectivity index is 1.71. The van der Waals surface area contributed by atoms with E-state index in [0.29, 0.717) is 17.9 Å². The molecular formula is C17H13FN2O2. The number of rotatable bonds is 4. The Hall–Kier alpha value is -2.95. The summed E-state index contributed by atoms with van der Waals surface area (Å²) in [5.74, 6) is -0.280. The summed E-state index contributed by atoms with van der Waals surface area (Å²) in [5.41, 5.74) is 1.21. The van der Waals surface area contributed by atoms with Crippen molar-refractivity contribution in [2.75, 3.05) is 0 Å². The second-order valence-electron chi connectivity index (χ2n) is 4.69. The van der Waals surface area contributed by atoms with Crippen LogP contribution in [0, 0.1) is 5.82 Å². The molecule has 22 heavy (non-hydrogen) atoms. The Morgan fingerprint density at radius 2 is 2.00 bits per heavy atom. The molecule has 0 aliphatic carbocycles. The van der Waals surface area contributed by atoms with Gasteiger partial charge in [0.1, 0.15) is 11.6 Å². The van der Waals surface area contributed by atoms with Crippen LogP contribution in [0.15, 0.2) is 65.3 Å². The molecule has 1 aromatic carbocycles. The molecule has 0 spiro atoms. The lowest BCUT2D eigenvalue weighted by Gasteiger charge is -2.03. The van der Waals surface area contributed by atoms with E-state index in [1.54, 1.807) is 42.7 Å². The second-order valence-corrected chi connectivity index (χ2v) is 4.69. The third-order valence-electron chi connectivity index (χ3n) is 3.14. The summed E-state index contributed by atoms with van der Waals surface area (Å²) in [6, 6.07) is 13.0. The van der Waals surface area contributed by atoms with Crippen LogP contribution in [0.5, 0.6) is 0 Å². The van der Waals surface area contributed by atoms with Crippen molar-refractivity contribution in [1.29, 1.82) is 0 Å². The highest BCUT2D eigenvalue weighted by Gasteiger charge is 2.13. The molecule has 0 unspecified atom stereocenters. The van der Waals surface area contributed by atoms with Gasteiger partial charge in [0.25, 0.3) is 5.91 Å². The lowest BCUT2D eigenvalue weighted by molar-refractivity contribution is 0.0924. The van der Waals surface area contributed by atoms with Crippen LogP contribution < -0.4 is 5.32 Å². The largest absolute Gasteiger partial charge is 0.451 e. The molecule has 110 valence electrons. The Kier molecular flexibility index (Phi) is 3.96. The van der Waals surface area contributed by atoms with E-state index < -0.39 is 0 Å². The van der Waals surface area contributed by atoms with Gasteiger partial charge in [-0.2, -0.15) is 0 Å². The number of carbonyl (C=O) groups is 1. The van der Waals surface area contributed by atoms with Gasteiger partial charge in [0.15, 0.2) is 5.76 Å². The lowest BCUT2D eigenvalue weighted by atomic mass is 10.1. The van der Waals surface area contributed by atoms with Gasteiger partial charge < -0.3 is 9.73 Å². The molecule has 4 nitrogen and oxygen atoms in total. The van der Waals surface area contributed by atoms with Gasteiger partial charge in [0.05, 0.1) is 5.56 Å². The van der Waals surface area contributed by atoms with Crippen molar-refractivity contribution in [3.8, 4) is 11.3 Å². The highest BCUT2D eigenvalue weighted by Crippen LogP contribution is 2.24. The van der Waals surface area contributed by atoms with Crippen LogP contribution in [0.4, 0.5) is 4.39 Å². The van der Waals surface area contributed by atoms with E-state index in [0.717, 1.165) is 5.56 Å². The summed E-state index contributed by atoms with van der Waals surface area (Å²) in [5, 5.41) is 2.73. The average molecular weight is 296 g/mol. The van der Waals surface area contributed by atoms with E-state index >= 15 is 0 Å². The van der Waals surface area contributed by atoms with Crippen LogP contribution >= 0.6 is 0 Å². The number of carbonyl (C=O) groups excluding carboxylic acids is 1. The second kappa shape index (κ2) is 6.22. The molecule has 0 fully saturated rings. The first-order chi connectivity index (χ1) is 10.7. The van der Waals surface area contributed by atoms with Crippen molar-refractivity contribution in [3.63, 3.8) is 0 Å². The SMILES string of the molecule is O=C(NCc1cccnc1)c1ccc(-c2ccccc2F)o1. The number of nitrogens with one attached hydrogen (secondary N) is 1. The molecule has 0 saturated carbocycles. The fraction of sp³-hybridized carbons (Fsp3) is 0.0588. The van der Waals surface area contributed by atoms with Crippen LogP contribution in [-0.2, 0) is 6.54 Å². The molecular weight excluding hydrogens is 283 g/mol. The van der Waals surface area contributed by atoms with E-state index in [2.05, 4.69) is 10.3 Å². The van der Waals surface area contributed by atoms with E-state index in [1.165, 1.54) is 12.1 Å². The van der Waals surface area contributed by atoms with Crippen LogP contribution in [0.25, 0.3) is 11.3 Å². The number of aromatic nitrogens is 1. The molecule has 0 aliphatic rings. The van der Waals surface area contributed by atoms with Crippen LogP contribution in [0.1, 0.15) is 16.1 Å². The predicted molar refractivity (Wildman–Crippen MR) is 79.5 cm³/mol. The van der Waals surface area contributed by atoms with Gasteiger partial charge in [0.2, 0.25) is 0 Å². The van der Waals surface area contributed by atoms with E-state index in [-0.39, 0.29) is 17.5 Å². The van der Waals surface area contributed by atoms with Crippen LogP contribution in [0.3, 0.4) is 0 Å². The van der Waals surface area contributed by atoms with Gasteiger partial charge in [-0.1, -0.05) is 18.2 Å². The number of amides is 1. The number of hydrogen-bond donors (Lipinski definition) is 1. The van der Waals surface area contributed by atoms with Gasteiger partial charge in [0, 0.05) is 18.9 Å². The summed E-state index contributed by atoms with van der Waals surface area (Å²) in [6.07, 6.45) is 3.34. The summed E-state index contributed by atoms with van der Waals surface area (Å²) in [4.78, 5) is 16.0. The van der Waals surface area contributed by atoms with E-state index in [4.69, 9.17) is 4.42 Å². The number of benzene rings is 1. The van der Waals surface area contributed by atoms with Crippen LogP contribution in [0.2, 0.25) is 0 Å². The third kappa shape index (κ3) is 3.03. The molecule has 5 heteroatoms. The zero-order valence-corrected chi connectivity index (χ0v) is 11.6. The first-order valence-electron chi connectivity index (χ1n) is 6.76. The predicted octanol–water partition coefficient (Wildman–Crippen LogP) is 3.41. The van der Waals surface area contributed by atoms with Crippen molar-refractivity contribution in [3.05, 3.63) is 78.1 Å². The number of hydrogen-bond acceptors (Lipinski definition) is 3. The van der Waals surface area contributed by atoms with Crippen molar-refractivity contribution in [2.45, 2.75) is 6.54 Å². The highest BCUT2D eigenvalue weighted by molar-refractivity contribution is 5.92. The van der Waals surface area contributed by atoms with E-state index in [1.807, 2.05) is 6.07 Å². The minimum Gasteiger partial charge on any atom is -0.451 e. The fourth-order valence-corrected chi connectivity index (χ4v) is 2.04. The standard InChI is InChI=1S/C17H13FN2O2/c18-14-6-2-1-5-13(14)15-7-8-16(22-15)17(21)20-11-12-4-3-9-19-10-12/h1-10H,11H2,(H,20,21). The summed E-state index contributed by atoms with van der Waals surface area (Å²) in [7, 11) is 0. The number of nitrogens with zero attached hydrogens (tertiary/aromatic N) is 1. The molecule has 3 aromatic rings. The van der Waals surface area contributed by atoms with Crippen molar-refractivity contribution in [2.24, 2.45) is 0 Å². The maximum Gasteiger partial charge on any atom is 0.287 e. The molecule has 0 saturated heterocycles. The molecule has 0 bridgehead atoms. The number of halogens is 1. The number of furan rings is 1. The first kappa shape index (κ1) is 14.0. The molecule has 2 heterocycles. The highest BCUT2D eigenvalue weighted by atomic mass is 19.1. The summed E-state index contributed by atoms with van der Waals surface area (Å²) in [6.45, 7) is 0.350. The maximum absolute atomic E-state index is 13.7. The Morgan fingerprint density at radius 1 is 1.14 bits per heavy atom. The van der Waals surface area contributed by atoms with Gasteiger partial charge in [-0.05, 0) is 35.9 Å². The summed E-state index contributed by atoms with van der Waals surface area (Å²) >= 11 is 0. The van der Waals surface area contributed by atoms with E-state index in [9.17, 15) is 9.18 Å². The Labute approximate surface area is 126 Å². The quantitative estimate of drug-likeness (QED) is 0.802. The number of pyridine rings is 1. The molecule has 3 rings (SSSR count). The minimum absolute atomic E-state index is 0.141. The molecule has 1 N–H and O–H groups in total. The topological polar surface area (TPSA) is 55.1 Å². The van der Waals surface area contributed by atoms with Gasteiger partial charge in [-0.25, -0.2) is 4.39 Å². The smallest absolute Gasteiger partial charge is 0.287 e. The minimum atomic E-state index is -0.390. The van der Waals surface area contributed by atoms with Gasteiger partial charge in [-0.15, -0.1) is 0 Å². The maximum atomic E-state index is 13.7. The molecule has 1 amide bonds. The molecule has 0 aliphatic heterocycles. The molecule has 0 radical (unpaired) electrons. The van der Waals surface area contributed by atoms with Crippen molar-refractivity contribution in [1.82, 2.24) is 10.3 Å². The van der Waals surface area contributed by atoms with Crippen molar-refractivity contribution < 1.29 is 13.6 Å². The average Bonchev–Trinajstić information content (AvgIpc) is 3.04.